The van der Waals surface area contributed by atoms with Crippen molar-refractivity contribution in [3.05, 3.63) is 48.0 Å². The number of fused-ring (bicyclic) bond motifs is 1. The summed E-state index contributed by atoms with van der Waals surface area (Å²) in [5.41, 5.74) is 0.243. The standard InChI is InChI=1S/C21H23N3O5S/c1-14-13-24(30(26,27)17-7-5-6-15(10-17)12-22)18-11-16(8-9-19(18)28-14)23-20(25)29-21(2,3)4/h5-11,14H,13H2,1-4H3,(H,23,25)/t14-/m1/s1. The number of amides is 1. The van der Waals surface area contributed by atoms with Crippen LogP contribution in [0.25, 0.3) is 0 Å². The molecule has 158 valence electrons. The Bertz CT molecular complexity index is 1120. The molecule has 1 heterocycles. The van der Waals surface area contributed by atoms with Crippen LogP contribution in [0.5, 0.6) is 5.75 Å². The molecule has 30 heavy (non-hydrogen) atoms. The highest BCUT2D eigenvalue weighted by Crippen LogP contribution is 2.39. The highest BCUT2D eigenvalue weighted by atomic mass is 32.2. The lowest BCUT2D eigenvalue weighted by Crippen LogP contribution is -2.42. The number of carbonyl (C=O) groups is 1. The molecule has 0 aliphatic carbocycles. The zero-order valence-electron chi connectivity index (χ0n) is 17.2. The lowest BCUT2D eigenvalue weighted by molar-refractivity contribution is 0.0636. The first-order chi connectivity index (χ1) is 14.0. The summed E-state index contributed by atoms with van der Waals surface area (Å²) in [6.45, 7) is 7.10. The van der Waals surface area contributed by atoms with Gasteiger partial charge in [0.2, 0.25) is 0 Å². The fraction of sp³-hybridized carbons (Fsp3) is 0.333. The first-order valence-corrected chi connectivity index (χ1v) is 10.8. The number of carbonyl (C=O) groups excluding carboxylic acids is 1. The fourth-order valence-corrected chi connectivity index (χ4v) is 4.57. The number of nitrogens with one attached hydrogen (secondary N) is 1. The molecule has 0 saturated heterocycles. The molecule has 0 bridgehead atoms. The van der Waals surface area contributed by atoms with Crippen LogP contribution in [0.2, 0.25) is 0 Å². The number of rotatable bonds is 3. The predicted octanol–water partition coefficient (Wildman–Crippen LogP) is 3.88. The summed E-state index contributed by atoms with van der Waals surface area (Å²) in [5.74, 6) is 0.378. The zero-order valence-corrected chi connectivity index (χ0v) is 18.0. The highest BCUT2D eigenvalue weighted by molar-refractivity contribution is 7.92. The Morgan fingerprint density at radius 3 is 2.67 bits per heavy atom. The molecular weight excluding hydrogens is 406 g/mol. The minimum absolute atomic E-state index is 0.00658. The average Bonchev–Trinajstić information content (AvgIpc) is 2.66. The van der Waals surface area contributed by atoms with Crippen LogP contribution in [0.15, 0.2) is 47.4 Å². The number of hydrogen-bond donors (Lipinski definition) is 1. The largest absolute Gasteiger partial charge is 0.487 e. The van der Waals surface area contributed by atoms with Gasteiger partial charge in [0, 0.05) is 5.69 Å². The number of anilines is 2. The molecule has 3 rings (SSSR count). The Balaban J connectivity index is 1.99. The van der Waals surface area contributed by atoms with Gasteiger partial charge in [0.1, 0.15) is 17.5 Å². The second kappa shape index (κ2) is 7.88. The maximum absolute atomic E-state index is 13.3. The van der Waals surface area contributed by atoms with Crippen LogP contribution in [-0.2, 0) is 14.8 Å². The van der Waals surface area contributed by atoms with Crippen LogP contribution < -0.4 is 14.4 Å². The van der Waals surface area contributed by atoms with Crippen LogP contribution >= 0.6 is 0 Å². The molecule has 2 aromatic carbocycles. The number of ether oxygens (including phenoxy) is 2. The molecule has 0 unspecified atom stereocenters. The second-order valence-corrected chi connectivity index (χ2v) is 9.78. The van der Waals surface area contributed by atoms with E-state index in [0.29, 0.717) is 17.1 Å². The van der Waals surface area contributed by atoms with E-state index in [1.165, 1.54) is 34.6 Å². The molecule has 8 nitrogen and oxygen atoms in total. The van der Waals surface area contributed by atoms with Gasteiger partial charge in [0.25, 0.3) is 10.0 Å². The highest BCUT2D eigenvalue weighted by Gasteiger charge is 2.33. The van der Waals surface area contributed by atoms with Crippen molar-refractivity contribution in [2.45, 2.75) is 44.3 Å². The third-order valence-corrected chi connectivity index (χ3v) is 5.95. The Labute approximate surface area is 176 Å². The van der Waals surface area contributed by atoms with Crippen molar-refractivity contribution in [1.82, 2.24) is 0 Å². The summed E-state index contributed by atoms with van der Waals surface area (Å²) in [5, 5.41) is 11.7. The van der Waals surface area contributed by atoms with Gasteiger partial charge in [-0.1, -0.05) is 6.07 Å². The molecule has 1 aliphatic rings. The number of sulfonamides is 1. The molecule has 2 aromatic rings. The molecule has 0 aromatic heterocycles. The quantitative estimate of drug-likeness (QED) is 0.793. The van der Waals surface area contributed by atoms with Crippen molar-refractivity contribution in [2.75, 3.05) is 16.2 Å². The molecule has 0 saturated carbocycles. The maximum Gasteiger partial charge on any atom is 0.412 e. The van der Waals surface area contributed by atoms with E-state index in [1.54, 1.807) is 39.8 Å². The van der Waals surface area contributed by atoms with Gasteiger partial charge in [-0.3, -0.25) is 9.62 Å². The second-order valence-electron chi connectivity index (χ2n) is 7.91. The number of nitrogens with zero attached hydrogens (tertiary/aromatic N) is 2. The van der Waals surface area contributed by atoms with E-state index in [9.17, 15) is 13.2 Å². The van der Waals surface area contributed by atoms with Gasteiger partial charge in [-0.25, -0.2) is 13.2 Å². The van der Waals surface area contributed by atoms with Crippen LogP contribution in [0.1, 0.15) is 33.3 Å². The monoisotopic (exact) mass is 429 g/mol. The summed E-state index contributed by atoms with van der Waals surface area (Å²) in [4.78, 5) is 12.1. The van der Waals surface area contributed by atoms with E-state index in [0.717, 1.165) is 0 Å². The SMILES string of the molecule is C[C@@H]1CN(S(=O)(=O)c2cccc(C#N)c2)c2cc(NC(=O)OC(C)(C)C)ccc2O1. The van der Waals surface area contributed by atoms with Gasteiger partial charge in [-0.15, -0.1) is 0 Å². The van der Waals surface area contributed by atoms with Gasteiger partial charge in [0.05, 0.1) is 28.8 Å². The molecule has 1 amide bonds. The lowest BCUT2D eigenvalue weighted by Gasteiger charge is -2.34. The summed E-state index contributed by atoms with van der Waals surface area (Å²) in [6.07, 6.45) is -1.03. The molecule has 0 radical (unpaired) electrons. The van der Waals surface area contributed by atoms with Gasteiger partial charge in [-0.05, 0) is 64.1 Å². The molecule has 1 aliphatic heterocycles. The molecular formula is C21H23N3O5S. The molecule has 9 heteroatoms. The minimum Gasteiger partial charge on any atom is -0.487 e. The third kappa shape index (κ3) is 4.66. The van der Waals surface area contributed by atoms with E-state index in [1.807, 2.05) is 6.07 Å². The Hall–Kier alpha value is -3.25. The average molecular weight is 429 g/mol. The lowest BCUT2D eigenvalue weighted by atomic mass is 10.2. The summed E-state index contributed by atoms with van der Waals surface area (Å²) in [7, 11) is -3.96. The molecule has 1 atom stereocenters. The van der Waals surface area contributed by atoms with Crippen LogP contribution in [0, 0.1) is 11.3 Å². The fourth-order valence-electron chi connectivity index (χ4n) is 2.98. The van der Waals surface area contributed by atoms with Gasteiger partial charge in [0.15, 0.2) is 0 Å². The number of hydrogen-bond acceptors (Lipinski definition) is 6. The summed E-state index contributed by atoms with van der Waals surface area (Å²) < 4.78 is 38.9. The summed E-state index contributed by atoms with van der Waals surface area (Å²) >= 11 is 0. The van der Waals surface area contributed by atoms with Crippen molar-refractivity contribution in [3.8, 4) is 11.8 Å². The van der Waals surface area contributed by atoms with Gasteiger partial charge in [-0.2, -0.15) is 5.26 Å². The molecule has 0 fully saturated rings. The van der Waals surface area contributed by atoms with Crippen molar-refractivity contribution < 1.29 is 22.7 Å². The Morgan fingerprint density at radius 2 is 2.00 bits per heavy atom. The van der Waals surface area contributed by atoms with Crippen LogP contribution in [-0.4, -0.2) is 32.8 Å². The first kappa shape index (κ1) is 21.5. The van der Waals surface area contributed by atoms with E-state index in [-0.39, 0.29) is 23.1 Å². The van der Waals surface area contributed by atoms with E-state index >= 15 is 0 Å². The number of nitriles is 1. The van der Waals surface area contributed by atoms with E-state index < -0.39 is 21.7 Å². The van der Waals surface area contributed by atoms with Crippen molar-refractivity contribution in [3.63, 3.8) is 0 Å². The Kier molecular flexibility index (Phi) is 5.63. The minimum atomic E-state index is -3.96. The topological polar surface area (TPSA) is 109 Å². The van der Waals surface area contributed by atoms with E-state index in [2.05, 4.69) is 5.32 Å². The maximum atomic E-state index is 13.3. The van der Waals surface area contributed by atoms with Crippen molar-refractivity contribution in [1.29, 1.82) is 5.26 Å². The van der Waals surface area contributed by atoms with Gasteiger partial charge < -0.3 is 9.47 Å². The summed E-state index contributed by atoms with van der Waals surface area (Å²) in [6, 6.07) is 12.5. The first-order valence-electron chi connectivity index (χ1n) is 9.33. The number of benzene rings is 2. The van der Waals surface area contributed by atoms with Gasteiger partial charge >= 0.3 is 6.09 Å². The molecule has 1 N–H and O–H groups in total. The van der Waals surface area contributed by atoms with E-state index in [4.69, 9.17) is 14.7 Å². The van der Waals surface area contributed by atoms with Crippen LogP contribution in [0.3, 0.4) is 0 Å². The Morgan fingerprint density at radius 1 is 1.27 bits per heavy atom. The zero-order chi connectivity index (χ0) is 22.1. The van der Waals surface area contributed by atoms with Crippen molar-refractivity contribution in [2.24, 2.45) is 0 Å². The third-order valence-electron chi connectivity index (χ3n) is 4.18. The normalized spacial score (nSPS) is 16.1. The van der Waals surface area contributed by atoms with Crippen LogP contribution in [0.4, 0.5) is 16.2 Å². The molecule has 0 spiro atoms. The predicted molar refractivity (Wildman–Crippen MR) is 112 cm³/mol. The van der Waals surface area contributed by atoms with Crippen molar-refractivity contribution >= 4 is 27.5 Å². The smallest absolute Gasteiger partial charge is 0.412 e.